The molecular formula is C21H24F3N5O4S. The van der Waals surface area contributed by atoms with Crippen molar-refractivity contribution < 1.29 is 33.2 Å². The highest BCUT2D eigenvalue weighted by atomic mass is 32.1. The topological polar surface area (TPSA) is 133 Å². The monoisotopic (exact) mass is 499 g/mol. The second kappa shape index (κ2) is 9.13. The smallest absolute Gasteiger partial charge is 0.405 e. The van der Waals surface area contributed by atoms with E-state index in [1.54, 1.807) is 13.0 Å². The van der Waals surface area contributed by atoms with Crippen LogP contribution in [0.15, 0.2) is 18.2 Å². The first-order valence-corrected chi connectivity index (χ1v) is 11.3. The number of ether oxygens (including phenoxy) is 1. The van der Waals surface area contributed by atoms with Gasteiger partial charge in [-0.2, -0.15) is 18.2 Å². The summed E-state index contributed by atoms with van der Waals surface area (Å²) in [6.45, 7) is -0.0736. The molecule has 0 radical (unpaired) electrons. The van der Waals surface area contributed by atoms with Crippen LogP contribution >= 0.6 is 11.3 Å². The maximum atomic E-state index is 12.7. The Hall–Kier alpha value is -2.74. The lowest BCUT2D eigenvalue weighted by Crippen LogP contribution is -2.48. The molecule has 1 aliphatic rings. The number of nitrogens with one attached hydrogen (secondary N) is 2. The van der Waals surface area contributed by atoms with E-state index in [0.29, 0.717) is 34.0 Å². The van der Waals surface area contributed by atoms with Crippen molar-refractivity contribution in [3.63, 3.8) is 0 Å². The number of aliphatic hydroxyl groups is 3. The van der Waals surface area contributed by atoms with Crippen LogP contribution in [0.2, 0.25) is 0 Å². The summed E-state index contributed by atoms with van der Waals surface area (Å²) in [4.78, 5) is 13.0. The largest absolute Gasteiger partial charge is 0.494 e. The van der Waals surface area contributed by atoms with Gasteiger partial charge < -0.3 is 30.7 Å². The minimum absolute atomic E-state index is 0.00957. The molecule has 0 saturated heterocycles. The summed E-state index contributed by atoms with van der Waals surface area (Å²) < 4.78 is 44.4. The molecule has 0 amide bonds. The average Bonchev–Trinajstić information content (AvgIpc) is 3.32. The molecule has 3 unspecified atom stereocenters. The maximum absolute atomic E-state index is 12.7. The van der Waals surface area contributed by atoms with Crippen molar-refractivity contribution in [3.8, 4) is 16.3 Å². The average molecular weight is 500 g/mol. The predicted octanol–water partition coefficient (Wildman–Crippen LogP) is 2.91. The molecule has 9 nitrogen and oxygen atoms in total. The number of aromatic nitrogens is 3. The third-order valence-corrected chi connectivity index (χ3v) is 6.79. The minimum Gasteiger partial charge on any atom is -0.494 e. The van der Waals surface area contributed by atoms with Crippen LogP contribution in [-0.4, -0.2) is 68.5 Å². The van der Waals surface area contributed by atoms with Gasteiger partial charge in [-0.15, -0.1) is 11.3 Å². The standard InChI is InChI=1S/C21H24F3N5O4S/c1-10-14(18-27-15-12(33-2)4-3-5-13(15)34-18)17(28-19(26-10)25-9-21(22,23)24)29-20(32)7-6-11(8-30)16(20)31/h3-5,11,16,30-32H,6-9H2,1-2H3,(H2,25,26,28,29). The number of fused-ring (bicyclic) bond motifs is 1. The molecule has 1 fully saturated rings. The molecule has 3 atom stereocenters. The Bertz CT molecular complexity index is 1190. The van der Waals surface area contributed by atoms with Crippen molar-refractivity contribution in [3.05, 3.63) is 23.9 Å². The Morgan fingerprint density at radius 3 is 2.68 bits per heavy atom. The molecule has 184 valence electrons. The molecule has 4 rings (SSSR count). The molecule has 0 spiro atoms. The van der Waals surface area contributed by atoms with E-state index in [1.807, 2.05) is 12.1 Å². The van der Waals surface area contributed by atoms with Crippen molar-refractivity contribution in [2.75, 3.05) is 30.9 Å². The van der Waals surface area contributed by atoms with E-state index in [-0.39, 0.29) is 24.8 Å². The Morgan fingerprint density at radius 1 is 1.26 bits per heavy atom. The van der Waals surface area contributed by atoms with Crippen LogP contribution in [0.5, 0.6) is 5.75 Å². The number of aryl methyl sites for hydroxylation is 1. The van der Waals surface area contributed by atoms with Gasteiger partial charge in [-0.25, -0.2) is 9.97 Å². The number of alkyl halides is 3. The van der Waals surface area contributed by atoms with Crippen LogP contribution in [0.1, 0.15) is 18.5 Å². The predicted molar refractivity (Wildman–Crippen MR) is 121 cm³/mol. The van der Waals surface area contributed by atoms with E-state index in [1.165, 1.54) is 18.4 Å². The van der Waals surface area contributed by atoms with Gasteiger partial charge in [0.25, 0.3) is 0 Å². The number of nitrogens with zero attached hydrogens (tertiary/aromatic N) is 3. The molecule has 13 heteroatoms. The lowest BCUT2D eigenvalue weighted by molar-refractivity contribution is -0.115. The second-order valence-corrected chi connectivity index (χ2v) is 9.16. The van der Waals surface area contributed by atoms with Gasteiger partial charge in [0, 0.05) is 12.5 Å². The molecule has 34 heavy (non-hydrogen) atoms. The Balaban J connectivity index is 1.81. The summed E-state index contributed by atoms with van der Waals surface area (Å²) in [5.74, 6) is -0.296. The number of thiazole rings is 1. The highest BCUT2D eigenvalue weighted by Gasteiger charge is 2.47. The quantitative estimate of drug-likeness (QED) is 0.311. The SMILES string of the molecule is COc1cccc2sc(-c3c(C)nc(NCC(F)(F)F)nc3NC3(O)CCC(CO)C3O)nc12. The van der Waals surface area contributed by atoms with E-state index in [2.05, 4.69) is 25.6 Å². The van der Waals surface area contributed by atoms with Crippen LogP contribution in [0.4, 0.5) is 24.9 Å². The summed E-state index contributed by atoms with van der Waals surface area (Å²) in [6.07, 6.45) is -5.36. The van der Waals surface area contributed by atoms with Crippen molar-refractivity contribution in [1.82, 2.24) is 15.0 Å². The highest BCUT2D eigenvalue weighted by Crippen LogP contribution is 2.41. The van der Waals surface area contributed by atoms with Crippen LogP contribution in [0.3, 0.4) is 0 Å². The lowest BCUT2D eigenvalue weighted by atomic mass is 10.0. The van der Waals surface area contributed by atoms with Gasteiger partial charge in [0.1, 0.15) is 34.7 Å². The van der Waals surface area contributed by atoms with E-state index >= 15 is 0 Å². The molecule has 3 aromatic rings. The molecular weight excluding hydrogens is 475 g/mol. The number of benzene rings is 1. The van der Waals surface area contributed by atoms with E-state index < -0.39 is 30.5 Å². The molecule has 5 N–H and O–H groups in total. The number of anilines is 2. The third kappa shape index (κ3) is 4.73. The van der Waals surface area contributed by atoms with Gasteiger partial charge in [-0.1, -0.05) is 6.07 Å². The van der Waals surface area contributed by atoms with Gasteiger partial charge in [0.2, 0.25) is 5.95 Å². The first kappa shape index (κ1) is 24.4. The first-order valence-electron chi connectivity index (χ1n) is 10.5. The minimum atomic E-state index is -4.48. The van der Waals surface area contributed by atoms with Crippen LogP contribution < -0.4 is 15.4 Å². The number of methoxy groups -OCH3 is 1. The number of aliphatic hydroxyl groups excluding tert-OH is 2. The molecule has 1 aromatic carbocycles. The molecule has 2 heterocycles. The molecule has 0 bridgehead atoms. The fourth-order valence-corrected chi connectivity index (χ4v) is 5.09. The lowest BCUT2D eigenvalue weighted by Gasteiger charge is -2.31. The van der Waals surface area contributed by atoms with Gasteiger partial charge in [0.05, 0.1) is 23.1 Å². The van der Waals surface area contributed by atoms with Crippen LogP contribution in [-0.2, 0) is 0 Å². The van der Waals surface area contributed by atoms with Crippen LogP contribution in [0.25, 0.3) is 20.8 Å². The highest BCUT2D eigenvalue weighted by molar-refractivity contribution is 7.21. The number of halogens is 3. The van der Waals surface area contributed by atoms with Gasteiger partial charge in [-0.05, 0) is 31.9 Å². The summed E-state index contributed by atoms with van der Waals surface area (Å²) in [7, 11) is 1.52. The number of para-hydroxylation sites is 1. The van der Waals surface area contributed by atoms with Crippen LogP contribution in [0, 0.1) is 12.8 Å². The first-order chi connectivity index (χ1) is 16.0. The zero-order valence-corrected chi connectivity index (χ0v) is 19.2. The van der Waals surface area contributed by atoms with Gasteiger partial charge in [0.15, 0.2) is 5.72 Å². The third-order valence-electron chi connectivity index (χ3n) is 5.75. The van der Waals surface area contributed by atoms with Gasteiger partial charge in [-0.3, -0.25) is 0 Å². The Kier molecular flexibility index (Phi) is 6.55. The zero-order valence-electron chi connectivity index (χ0n) is 18.3. The number of rotatable bonds is 7. The summed E-state index contributed by atoms with van der Waals surface area (Å²) in [5.41, 5.74) is -0.572. The molecule has 2 aromatic heterocycles. The molecule has 1 saturated carbocycles. The van der Waals surface area contributed by atoms with Crippen molar-refractivity contribution in [1.29, 1.82) is 0 Å². The van der Waals surface area contributed by atoms with Crippen molar-refractivity contribution >= 4 is 33.3 Å². The van der Waals surface area contributed by atoms with E-state index in [9.17, 15) is 28.5 Å². The zero-order chi connectivity index (χ0) is 24.7. The summed E-state index contributed by atoms with van der Waals surface area (Å²) >= 11 is 1.30. The summed E-state index contributed by atoms with van der Waals surface area (Å²) in [6, 6.07) is 5.41. The van der Waals surface area contributed by atoms with Crippen molar-refractivity contribution in [2.45, 2.75) is 37.8 Å². The fraction of sp³-hybridized carbons (Fsp3) is 0.476. The maximum Gasteiger partial charge on any atom is 0.405 e. The Morgan fingerprint density at radius 2 is 2.03 bits per heavy atom. The Labute approximate surface area is 196 Å². The molecule has 0 aliphatic heterocycles. The number of hydrogen-bond acceptors (Lipinski definition) is 10. The fourth-order valence-electron chi connectivity index (χ4n) is 4.01. The number of hydrogen-bond donors (Lipinski definition) is 5. The normalized spacial score (nSPS) is 22.8. The van der Waals surface area contributed by atoms with Gasteiger partial charge >= 0.3 is 6.18 Å². The van der Waals surface area contributed by atoms with E-state index in [0.717, 1.165) is 4.70 Å². The van der Waals surface area contributed by atoms with E-state index in [4.69, 9.17) is 4.74 Å². The second-order valence-electron chi connectivity index (χ2n) is 8.13. The molecule has 1 aliphatic carbocycles. The van der Waals surface area contributed by atoms with Crippen molar-refractivity contribution in [2.24, 2.45) is 5.92 Å². The summed E-state index contributed by atoms with van der Waals surface area (Å²) in [5, 5.41) is 36.5.